The van der Waals surface area contributed by atoms with E-state index in [-0.39, 0.29) is 18.5 Å². The third-order valence-corrected chi connectivity index (χ3v) is 8.63. The van der Waals surface area contributed by atoms with E-state index in [4.69, 9.17) is 4.74 Å². The molecule has 3 aromatic rings. The molecule has 1 N–H and O–H groups in total. The molecule has 9 heteroatoms. The molecule has 0 aromatic heterocycles. The smallest absolute Gasteiger partial charge is 0.244 e. The number of nitrogens with zero attached hydrogens (tertiary/aromatic N) is 2. The lowest BCUT2D eigenvalue weighted by atomic mass is 10.0. The van der Waals surface area contributed by atoms with Gasteiger partial charge in [0.2, 0.25) is 21.8 Å². The van der Waals surface area contributed by atoms with Gasteiger partial charge >= 0.3 is 0 Å². The summed E-state index contributed by atoms with van der Waals surface area (Å²) in [5.74, 6) is -0.119. The Kier molecular flexibility index (Phi) is 10.0. The van der Waals surface area contributed by atoms with E-state index < -0.39 is 28.5 Å². The minimum Gasteiger partial charge on any atom is -0.497 e. The van der Waals surface area contributed by atoms with Gasteiger partial charge < -0.3 is 15.0 Å². The summed E-state index contributed by atoms with van der Waals surface area (Å²) in [5.41, 5.74) is 3.18. The van der Waals surface area contributed by atoms with Crippen molar-refractivity contribution in [2.24, 2.45) is 0 Å². The molecule has 2 amide bonds. The van der Waals surface area contributed by atoms with E-state index in [1.807, 2.05) is 61.5 Å². The molecule has 0 aliphatic heterocycles. The van der Waals surface area contributed by atoms with Crippen molar-refractivity contribution >= 4 is 27.5 Å². The van der Waals surface area contributed by atoms with Gasteiger partial charge in [0.15, 0.2) is 0 Å². The Labute approximate surface area is 243 Å². The number of anilines is 1. The van der Waals surface area contributed by atoms with Crippen molar-refractivity contribution in [2.75, 3.05) is 24.2 Å². The van der Waals surface area contributed by atoms with Gasteiger partial charge in [-0.2, -0.15) is 0 Å². The second kappa shape index (κ2) is 13.7. The van der Waals surface area contributed by atoms with Crippen LogP contribution in [-0.2, 0) is 32.6 Å². The SMILES string of the molecule is COc1ccc(N(CC(=O)N(Cc2ccc(C)cc2)[C@@H](Cc2ccccc2)C(=O)NC2CCCC2)S(C)(=O)=O)cc1. The van der Waals surface area contributed by atoms with Crippen LogP contribution in [0.4, 0.5) is 5.69 Å². The van der Waals surface area contributed by atoms with Crippen molar-refractivity contribution in [3.8, 4) is 5.75 Å². The van der Waals surface area contributed by atoms with Gasteiger partial charge in [0.05, 0.1) is 19.1 Å². The Morgan fingerprint density at radius 1 is 0.927 bits per heavy atom. The lowest BCUT2D eigenvalue weighted by molar-refractivity contribution is -0.140. The number of amides is 2. The molecule has 0 bridgehead atoms. The minimum absolute atomic E-state index is 0.0731. The average Bonchev–Trinajstić information content (AvgIpc) is 3.47. The third-order valence-electron chi connectivity index (χ3n) is 7.49. The lowest BCUT2D eigenvalue weighted by Crippen LogP contribution is -2.54. The highest BCUT2D eigenvalue weighted by Gasteiger charge is 2.34. The first-order valence-electron chi connectivity index (χ1n) is 13.9. The molecule has 0 heterocycles. The van der Waals surface area contributed by atoms with E-state index >= 15 is 0 Å². The standard InChI is InChI=1S/C32H39N3O5S/c1-24-13-15-26(16-14-24)22-34(31(36)23-35(41(3,38)39)28-17-19-29(40-2)20-18-28)30(21-25-9-5-4-6-10-25)32(37)33-27-11-7-8-12-27/h4-6,9-10,13-20,27,30H,7-8,11-12,21-23H2,1-3H3,(H,33,37)/t30-/m0/s1. The van der Waals surface area contributed by atoms with E-state index in [0.717, 1.165) is 52.9 Å². The number of hydrogen-bond donors (Lipinski definition) is 1. The predicted molar refractivity (Wildman–Crippen MR) is 161 cm³/mol. The van der Waals surface area contributed by atoms with Crippen LogP contribution in [0.3, 0.4) is 0 Å². The first-order chi connectivity index (χ1) is 19.6. The number of benzene rings is 3. The summed E-state index contributed by atoms with van der Waals surface area (Å²) in [5, 5.41) is 3.18. The largest absolute Gasteiger partial charge is 0.497 e. The van der Waals surface area contributed by atoms with Crippen molar-refractivity contribution < 1.29 is 22.7 Å². The molecule has 41 heavy (non-hydrogen) atoms. The molecule has 0 saturated heterocycles. The van der Waals surface area contributed by atoms with E-state index in [0.29, 0.717) is 17.9 Å². The van der Waals surface area contributed by atoms with E-state index in [2.05, 4.69) is 5.32 Å². The molecule has 0 radical (unpaired) electrons. The zero-order valence-electron chi connectivity index (χ0n) is 24.0. The molecule has 8 nitrogen and oxygen atoms in total. The van der Waals surface area contributed by atoms with E-state index in [1.165, 1.54) is 12.0 Å². The van der Waals surface area contributed by atoms with E-state index in [1.54, 1.807) is 24.3 Å². The molecule has 1 aliphatic rings. The van der Waals surface area contributed by atoms with Crippen LogP contribution in [0.25, 0.3) is 0 Å². The van der Waals surface area contributed by atoms with E-state index in [9.17, 15) is 18.0 Å². The molecule has 0 spiro atoms. The van der Waals surface area contributed by atoms with Crippen LogP contribution >= 0.6 is 0 Å². The summed E-state index contributed by atoms with van der Waals surface area (Å²) < 4.78 is 32.1. The third kappa shape index (κ3) is 8.33. The number of rotatable bonds is 12. The predicted octanol–water partition coefficient (Wildman–Crippen LogP) is 4.47. The molecule has 4 rings (SSSR count). The summed E-state index contributed by atoms with van der Waals surface area (Å²) in [4.78, 5) is 29.6. The maximum Gasteiger partial charge on any atom is 0.244 e. The maximum absolute atomic E-state index is 14.2. The topological polar surface area (TPSA) is 96.0 Å². The van der Waals surface area contributed by atoms with Gasteiger partial charge in [-0.05, 0) is 55.2 Å². The van der Waals surface area contributed by atoms with Crippen LogP contribution in [0.5, 0.6) is 5.75 Å². The fraction of sp³-hybridized carbons (Fsp3) is 0.375. The second-order valence-corrected chi connectivity index (χ2v) is 12.6. The first-order valence-corrected chi connectivity index (χ1v) is 15.8. The first kappa shape index (κ1) is 30.1. The van der Waals surface area contributed by atoms with Crippen LogP contribution in [0, 0.1) is 6.92 Å². The molecular formula is C32H39N3O5S. The molecule has 218 valence electrons. The molecular weight excluding hydrogens is 538 g/mol. The fourth-order valence-corrected chi connectivity index (χ4v) is 6.02. The number of nitrogens with one attached hydrogen (secondary N) is 1. The summed E-state index contributed by atoms with van der Waals surface area (Å²) in [6.07, 6.45) is 5.32. The van der Waals surface area contributed by atoms with Crippen LogP contribution in [0.1, 0.15) is 42.4 Å². The van der Waals surface area contributed by atoms with Crippen molar-refractivity contribution in [3.05, 3.63) is 95.6 Å². The normalized spacial score (nSPS) is 14.3. The zero-order chi connectivity index (χ0) is 29.4. The number of carbonyl (C=O) groups excluding carboxylic acids is 2. The van der Waals surface area contributed by atoms with Gasteiger partial charge in [-0.3, -0.25) is 13.9 Å². The minimum atomic E-state index is -3.82. The zero-order valence-corrected chi connectivity index (χ0v) is 24.8. The Balaban J connectivity index is 1.71. The van der Waals surface area contributed by atoms with Crippen molar-refractivity contribution in [2.45, 2.75) is 57.7 Å². The van der Waals surface area contributed by atoms with Crippen molar-refractivity contribution in [3.63, 3.8) is 0 Å². The highest BCUT2D eigenvalue weighted by atomic mass is 32.2. The van der Waals surface area contributed by atoms with Gasteiger partial charge in [-0.15, -0.1) is 0 Å². The van der Waals surface area contributed by atoms with Crippen LogP contribution in [-0.4, -0.2) is 57.1 Å². The van der Waals surface area contributed by atoms with Gasteiger partial charge in [-0.25, -0.2) is 8.42 Å². The average molecular weight is 578 g/mol. The maximum atomic E-state index is 14.2. The van der Waals surface area contributed by atoms with Crippen LogP contribution < -0.4 is 14.4 Å². The quantitative estimate of drug-likeness (QED) is 0.343. The molecule has 1 aliphatic carbocycles. The summed E-state index contributed by atoms with van der Waals surface area (Å²) in [6.45, 7) is 1.70. The second-order valence-electron chi connectivity index (χ2n) is 10.7. The highest BCUT2D eigenvalue weighted by Crippen LogP contribution is 2.24. The lowest BCUT2D eigenvalue weighted by Gasteiger charge is -2.34. The molecule has 1 atom stereocenters. The number of carbonyl (C=O) groups is 2. The number of methoxy groups -OCH3 is 1. The molecule has 1 fully saturated rings. The number of ether oxygens (including phenoxy) is 1. The number of hydrogen-bond acceptors (Lipinski definition) is 5. The molecule has 1 saturated carbocycles. The van der Waals surface area contributed by atoms with Gasteiger partial charge in [-0.1, -0.05) is 73.0 Å². The fourth-order valence-electron chi connectivity index (χ4n) is 5.17. The highest BCUT2D eigenvalue weighted by molar-refractivity contribution is 7.92. The monoisotopic (exact) mass is 577 g/mol. The van der Waals surface area contributed by atoms with Crippen LogP contribution in [0.2, 0.25) is 0 Å². The molecule has 0 unspecified atom stereocenters. The van der Waals surface area contributed by atoms with Crippen molar-refractivity contribution in [1.82, 2.24) is 10.2 Å². The number of sulfonamides is 1. The van der Waals surface area contributed by atoms with Gasteiger partial charge in [0, 0.05) is 19.0 Å². The van der Waals surface area contributed by atoms with Crippen LogP contribution in [0.15, 0.2) is 78.9 Å². The summed E-state index contributed by atoms with van der Waals surface area (Å²) in [6, 6.07) is 23.1. The summed E-state index contributed by atoms with van der Waals surface area (Å²) in [7, 11) is -2.30. The Bertz CT molecular complexity index is 1400. The summed E-state index contributed by atoms with van der Waals surface area (Å²) >= 11 is 0. The molecule has 3 aromatic carbocycles. The number of aryl methyl sites for hydroxylation is 1. The Morgan fingerprint density at radius 3 is 2.15 bits per heavy atom. The van der Waals surface area contributed by atoms with Crippen molar-refractivity contribution in [1.29, 1.82) is 0 Å². The Hall–Kier alpha value is -3.85. The Morgan fingerprint density at radius 2 is 1.56 bits per heavy atom. The van der Waals surface area contributed by atoms with Gasteiger partial charge in [0.1, 0.15) is 18.3 Å². The van der Waals surface area contributed by atoms with Gasteiger partial charge in [0.25, 0.3) is 0 Å².